The molecule has 2 fully saturated rings. The van der Waals surface area contributed by atoms with Crippen molar-refractivity contribution >= 4 is 18.0 Å². The quantitative estimate of drug-likeness (QED) is 0.421. The predicted octanol–water partition coefficient (Wildman–Crippen LogP) is 4.51. The third-order valence-corrected chi connectivity index (χ3v) is 5.96. The van der Waals surface area contributed by atoms with Gasteiger partial charge in [0.25, 0.3) is 0 Å². The Hall–Kier alpha value is -3.53. The maximum atomic E-state index is 13.7. The van der Waals surface area contributed by atoms with Crippen molar-refractivity contribution < 1.29 is 37.4 Å². The molecule has 0 unspecified atom stereocenters. The number of rotatable bonds is 6. The van der Waals surface area contributed by atoms with Crippen LogP contribution in [0, 0.1) is 0 Å². The van der Waals surface area contributed by atoms with E-state index in [0.717, 1.165) is 16.0 Å². The molecule has 39 heavy (non-hydrogen) atoms. The van der Waals surface area contributed by atoms with Crippen LogP contribution in [0.4, 0.5) is 13.6 Å². The molecule has 0 saturated carbocycles. The lowest BCUT2D eigenvalue weighted by Gasteiger charge is -2.27. The van der Waals surface area contributed by atoms with Crippen LogP contribution < -0.4 is 5.32 Å². The fraction of sp³-hybridized carbons (Fsp3) is 0.483. The summed E-state index contributed by atoms with van der Waals surface area (Å²) in [7, 11) is 0. The minimum atomic E-state index is -1.25. The number of alkyl halides is 2. The number of nitrogens with zero attached hydrogens (tertiary/aromatic N) is 1. The number of nitrogens with one attached hydrogen (secondary N) is 1. The first-order valence-electron chi connectivity index (χ1n) is 12.9. The molecule has 0 radical (unpaired) electrons. The lowest BCUT2D eigenvalue weighted by molar-refractivity contribution is -0.150. The smallest absolute Gasteiger partial charge is 0.411 e. The van der Waals surface area contributed by atoms with Gasteiger partial charge in [-0.2, -0.15) is 0 Å². The minimum absolute atomic E-state index is 0.0626. The number of hydrogen-bond acceptors (Lipinski definition) is 7. The number of likely N-dealkylation sites (tertiary alicyclic amines) is 1. The molecule has 212 valence electrons. The SMILES string of the molecule is CC(C)(C)OC(=O)N1C[C@H](F)C[C@H]1C(=O)OCc1ccccc1.O=C(OCc1ccccc1)[C@@H]1C[C@@H](F)CN1. The Morgan fingerprint density at radius 3 is 1.87 bits per heavy atom. The molecular weight excluding hydrogens is 510 g/mol. The second-order valence-corrected chi connectivity index (χ2v) is 10.5. The summed E-state index contributed by atoms with van der Waals surface area (Å²) in [5, 5.41) is 2.79. The van der Waals surface area contributed by atoms with E-state index in [0.29, 0.717) is 0 Å². The van der Waals surface area contributed by atoms with Gasteiger partial charge in [0.05, 0.1) is 6.54 Å². The molecule has 4 rings (SSSR count). The highest BCUT2D eigenvalue weighted by Gasteiger charge is 2.42. The Morgan fingerprint density at radius 2 is 1.38 bits per heavy atom. The second-order valence-electron chi connectivity index (χ2n) is 10.5. The molecule has 0 spiro atoms. The Bertz CT molecular complexity index is 1080. The van der Waals surface area contributed by atoms with E-state index in [4.69, 9.17) is 14.2 Å². The molecule has 2 aromatic carbocycles. The average Bonchev–Trinajstić information content (AvgIpc) is 3.52. The number of carbonyl (C=O) groups is 3. The van der Waals surface area contributed by atoms with Crippen LogP contribution in [-0.2, 0) is 37.0 Å². The summed E-state index contributed by atoms with van der Waals surface area (Å²) in [5.74, 6) is -0.983. The molecule has 2 aliphatic heterocycles. The fourth-order valence-corrected chi connectivity index (χ4v) is 4.06. The van der Waals surface area contributed by atoms with Gasteiger partial charge in [-0.15, -0.1) is 0 Å². The van der Waals surface area contributed by atoms with Crippen molar-refractivity contribution in [1.29, 1.82) is 0 Å². The Labute approximate surface area is 227 Å². The van der Waals surface area contributed by atoms with E-state index >= 15 is 0 Å². The van der Waals surface area contributed by atoms with Crippen LogP contribution >= 0.6 is 0 Å². The lowest BCUT2D eigenvalue weighted by atomic mass is 10.2. The van der Waals surface area contributed by atoms with Crippen LogP contribution in [-0.4, -0.2) is 66.0 Å². The van der Waals surface area contributed by atoms with Gasteiger partial charge in [-0.05, 0) is 31.9 Å². The summed E-state index contributed by atoms with van der Waals surface area (Å²) in [6.07, 6.45) is -2.73. The summed E-state index contributed by atoms with van der Waals surface area (Å²) >= 11 is 0. The molecule has 0 aromatic heterocycles. The van der Waals surface area contributed by atoms with Crippen molar-refractivity contribution in [2.75, 3.05) is 13.1 Å². The first-order valence-corrected chi connectivity index (χ1v) is 12.9. The van der Waals surface area contributed by atoms with E-state index < -0.39 is 42.1 Å². The van der Waals surface area contributed by atoms with Crippen molar-refractivity contribution in [3.8, 4) is 0 Å². The van der Waals surface area contributed by atoms with Gasteiger partial charge in [-0.1, -0.05) is 60.7 Å². The van der Waals surface area contributed by atoms with Gasteiger partial charge in [0.1, 0.15) is 43.2 Å². The van der Waals surface area contributed by atoms with Gasteiger partial charge in [-0.25, -0.2) is 18.4 Å². The third kappa shape index (κ3) is 9.94. The van der Waals surface area contributed by atoms with Crippen LogP contribution in [0.15, 0.2) is 60.7 Å². The molecule has 2 heterocycles. The summed E-state index contributed by atoms with van der Waals surface area (Å²) < 4.78 is 42.0. The highest BCUT2D eigenvalue weighted by Crippen LogP contribution is 2.24. The number of halogens is 2. The van der Waals surface area contributed by atoms with E-state index in [2.05, 4.69) is 5.32 Å². The summed E-state index contributed by atoms with van der Waals surface area (Å²) in [4.78, 5) is 37.0. The first kappa shape index (κ1) is 30.0. The van der Waals surface area contributed by atoms with E-state index in [1.165, 1.54) is 0 Å². The van der Waals surface area contributed by atoms with Crippen LogP contribution in [0.25, 0.3) is 0 Å². The van der Waals surface area contributed by atoms with E-state index in [-0.39, 0.29) is 45.1 Å². The standard InChI is InChI=1S/C17H22FNO4.C12H14FNO2/c1-17(2,3)23-16(21)19-10-13(18)9-14(19)15(20)22-11-12-7-5-4-6-8-12;13-10-6-11(14-7-10)12(15)16-8-9-4-2-1-3-5-9/h4-8,13-14H,9-11H2,1-3H3;1-5,10-11,14H,6-8H2/t13-,14+;10-,11+/m11/s1. The van der Waals surface area contributed by atoms with E-state index in [1.54, 1.807) is 20.8 Å². The number of hydrogen-bond donors (Lipinski definition) is 1. The predicted molar refractivity (Wildman–Crippen MR) is 140 cm³/mol. The average molecular weight is 547 g/mol. The number of benzene rings is 2. The van der Waals surface area contributed by atoms with E-state index in [9.17, 15) is 23.2 Å². The summed E-state index contributed by atoms with van der Waals surface area (Å²) in [5.41, 5.74) is 1.06. The minimum Gasteiger partial charge on any atom is -0.460 e. The summed E-state index contributed by atoms with van der Waals surface area (Å²) in [6, 6.07) is 17.2. The highest BCUT2D eigenvalue weighted by atomic mass is 19.1. The topological polar surface area (TPSA) is 94.2 Å². The van der Waals surface area contributed by atoms with E-state index in [1.807, 2.05) is 60.7 Å². The Balaban J connectivity index is 0.000000230. The normalized spacial score (nSPS) is 22.4. The van der Waals surface area contributed by atoms with Crippen molar-refractivity contribution in [3.63, 3.8) is 0 Å². The maximum absolute atomic E-state index is 13.7. The van der Waals surface area contributed by atoms with Gasteiger partial charge < -0.3 is 19.5 Å². The van der Waals surface area contributed by atoms with Crippen LogP contribution in [0.3, 0.4) is 0 Å². The highest BCUT2D eigenvalue weighted by molar-refractivity contribution is 5.82. The van der Waals surface area contributed by atoms with Gasteiger partial charge in [0.2, 0.25) is 0 Å². The molecule has 1 amide bonds. The number of esters is 2. The summed E-state index contributed by atoms with van der Waals surface area (Å²) in [6.45, 7) is 5.58. The zero-order valence-corrected chi connectivity index (χ0v) is 22.5. The third-order valence-electron chi connectivity index (χ3n) is 5.96. The monoisotopic (exact) mass is 546 g/mol. The molecule has 4 atom stereocenters. The molecule has 1 N–H and O–H groups in total. The van der Waals surface area contributed by atoms with Crippen molar-refractivity contribution in [2.24, 2.45) is 0 Å². The van der Waals surface area contributed by atoms with Gasteiger partial charge >= 0.3 is 18.0 Å². The van der Waals surface area contributed by atoms with Gasteiger partial charge in [0, 0.05) is 19.4 Å². The number of ether oxygens (including phenoxy) is 3. The maximum Gasteiger partial charge on any atom is 0.411 e. The number of carbonyl (C=O) groups excluding carboxylic acids is 3. The van der Waals surface area contributed by atoms with Crippen molar-refractivity contribution in [1.82, 2.24) is 10.2 Å². The molecule has 0 bridgehead atoms. The van der Waals surface area contributed by atoms with Crippen molar-refractivity contribution in [3.05, 3.63) is 71.8 Å². The van der Waals surface area contributed by atoms with Crippen LogP contribution in [0.5, 0.6) is 0 Å². The van der Waals surface area contributed by atoms with Crippen LogP contribution in [0.1, 0.15) is 44.7 Å². The molecule has 8 nitrogen and oxygen atoms in total. The fourth-order valence-electron chi connectivity index (χ4n) is 4.06. The Morgan fingerprint density at radius 1 is 0.846 bits per heavy atom. The molecule has 10 heteroatoms. The number of amides is 1. The first-order chi connectivity index (χ1) is 18.5. The van der Waals surface area contributed by atoms with Crippen LogP contribution in [0.2, 0.25) is 0 Å². The zero-order chi connectivity index (χ0) is 28.4. The van der Waals surface area contributed by atoms with Gasteiger partial charge in [-0.3, -0.25) is 9.69 Å². The Kier molecular flexibility index (Phi) is 10.8. The molecular formula is C29H36F2N2O6. The van der Waals surface area contributed by atoms with Gasteiger partial charge in [0.15, 0.2) is 0 Å². The lowest BCUT2D eigenvalue weighted by Crippen LogP contribution is -2.44. The van der Waals surface area contributed by atoms with Crippen molar-refractivity contribution in [2.45, 2.75) is 76.9 Å². The second kappa shape index (κ2) is 14.0. The zero-order valence-electron chi connectivity index (χ0n) is 22.5. The molecule has 2 saturated heterocycles. The largest absolute Gasteiger partial charge is 0.460 e. The molecule has 2 aliphatic rings. The molecule has 2 aromatic rings. The molecule has 0 aliphatic carbocycles.